The predicted octanol–water partition coefficient (Wildman–Crippen LogP) is 3.81. The van der Waals surface area contributed by atoms with E-state index in [1.54, 1.807) is 18.2 Å². The van der Waals surface area contributed by atoms with Gasteiger partial charge in [0.2, 0.25) is 0 Å². The molecule has 0 fully saturated rings. The molecule has 138 valence electrons. The van der Waals surface area contributed by atoms with Crippen LogP contribution in [0.5, 0.6) is 0 Å². The summed E-state index contributed by atoms with van der Waals surface area (Å²) in [7, 11) is 0. The van der Waals surface area contributed by atoms with Crippen molar-refractivity contribution in [2.45, 2.75) is 25.9 Å². The molecule has 3 N–H and O–H groups in total. The summed E-state index contributed by atoms with van der Waals surface area (Å²) in [6.07, 6.45) is 0. The van der Waals surface area contributed by atoms with E-state index in [0.29, 0.717) is 0 Å². The largest absolute Gasteiger partial charge is 0.326 e. The molecule has 2 atom stereocenters. The minimum absolute atomic E-state index is 0.0202. The number of hydrogen-bond acceptors (Lipinski definition) is 1. The fourth-order valence-electron chi connectivity index (χ4n) is 3.03. The number of halogens is 1. The highest BCUT2D eigenvalue weighted by Crippen LogP contribution is 2.19. The van der Waals surface area contributed by atoms with Crippen LogP contribution in [0.1, 0.15) is 29.7 Å². The summed E-state index contributed by atoms with van der Waals surface area (Å²) < 4.78 is 13.8. The third-order valence-corrected chi connectivity index (χ3v) is 4.62. The Balaban J connectivity index is 1.80. The monoisotopic (exact) mass is 363 g/mol. The van der Waals surface area contributed by atoms with Gasteiger partial charge in [-0.05, 0) is 26.0 Å². The maximum Gasteiger partial charge on any atom is 0.282 e. The van der Waals surface area contributed by atoms with E-state index in [4.69, 9.17) is 0 Å². The third kappa shape index (κ3) is 4.80. The molecular formula is C23H24FN2O+. The SMILES string of the molecule is Cc1ccc([C@H]([NH2+][C@@H](C)C(=O)Nc2ccccc2F)c2ccccc2)cc1. The van der Waals surface area contributed by atoms with Crippen molar-refractivity contribution in [3.63, 3.8) is 0 Å². The lowest BCUT2D eigenvalue weighted by atomic mass is 9.97. The number of quaternary nitrogens is 1. The second-order valence-corrected chi connectivity index (χ2v) is 6.75. The molecule has 3 nitrogen and oxygen atoms in total. The number of para-hydroxylation sites is 1. The van der Waals surface area contributed by atoms with E-state index >= 15 is 0 Å². The van der Waals surface area contributed by atoms with E-state index in [1.165, 1.54) is 11.6 Å². The summed E-state index contributed by atoms with van der Waals surface area (Å²) in [6, 6.07) is 24.2. The normalized spacial score (nSPS) is 13.0. The number of anilines is 1. The lowest BCUT2D eigenvalue weighted by molar-refractivity contribution is -0.704. The van der Waals surface area contributed by atoms with Crippen molar-refractivity contribution >= 4 is 11.6 Å². The van der Waals surface area contributed by atoms with Crippen molar-refractivity contribution in [3.8, 4) is 0 Å². The second kappa shape index (κ2) is 8.60. The zero-order valence-electron chi connectivity index (χ0n) is 15.5. The fourth-order valence-corrected chi connectivity index (χ4v) is 3.03. The molecule has 0 unspecified atom stereocenters. The van der Waals surface area contributed by atoms with Gasteiger partial charge in [0.15, 0.2) is 6.04 Å². The molecule has 0 radical (unpaired) electrons. The molecule has 1 amide bonds. The number of amides is 1. The van der Waals surface area contributed by atoms with E-state index in [-0.39, 0.29) is 17.6 Å². The van der Waals surface area contributed by atoms with Crippen LogP contribution in [0.25, 0.3) is 0 Å². The molecular weight excluding hydrogens is 339 g/mol. The van der Waals surface area contributed by atoms with Crippen molar-refractivity contribution in [2.24, 2.45) is 0 Å². The van der Waals surface area contributed by atoms with Gasteiger partial charge in [-0.15, -0.1) is 0 Å². The first-order valence-corrected chi connectivity index (χ1v) is 9.06. The highest BCUT2D eigenvalue weighted by molar-refractivity contribution is 5.93. The Labute approximate surface area is 159 Å². The van der Waals surface area contributed by atoms with Crippen LogP contribution in [0.15, 0.2) is 78.9 Å². The van der Waals surface area contributed by atoms with Gasteiger partial charge in [-0.3, -0.25) is 4.79 Å². The van der Waals surface area contributed by atoms with Crippen LogP contribution in [0.4, 0.5) is 10.1 Å². The molecule has 3 rings (SSSR count). The van der Waals surface area contributed by atoms with Crippen LogP contribution < -0.4 is 10.6 Å². The van der Waals surface area contributed by atoms with Crippen LogP contribution in [-0.4, -0.2) is 11.9 Å². The predicted molar refractivity (Wildman–Crippen MR) is 106 cm³/mol. The van der Waals surface area contributed by atoms with Gasteiger partial charge in [0.05, 0.1) is 5.69 Å². The minimum atomic E-state index is -0.434. The summed E-state index contributed by atoms with van der Waals surface area (Å²) in [5, 5.41) is 4.69. The van der Waals surface area contributed by atoms with E-state index < -0.39 is 11.9 Å². The minimum Gasteiger partial charge on any atom is -0.326 e. The van der Waals surface area contributed by atoms with Crippen LogP contribution in [0.3, 0.4) is 0 Å². The van der Waals surface area contributed by atoms with Gasteiger partial charge in [0.1, 0.15) is 11.9 Å². The quantitative estimate of drug-likeness (QED) is 0.687. The number of rotatable bonds is 6. The second-order valence-electron chi connectivity index (χ2n) is 6.75. The maximum atomic E-state index is 13.8. The van der Waals surface area contributed by atoms with Crippen molar-refractivity contribution in [3.05, 3.63) is 101 Å². The van der Waals surface area contributed by atoms with E-state index in [9.17, 15) is 9.18 Å². The average Bonchev–Trinajstić information content (AvgIpc) is 2.69. The smallest absolute Gasteiger partial charge is 0.282 e. The number of hydrogen-bond donors (Lipinski definition) is 2. The number of carbonyl (C=O) groups is 1. The fraction of sp³-hybridized carbons (Fsp3) is 0.174. The number of benzene rings is 3. The Morgan fingerprint density at radius 3 is 2.15 bits per heavy atom. The van der Waals surface area contributed by atoms with Gasteiger partial charge >= 0.3 is 0 Å². The first-order chi connectivity index (χ1) is 13.0. The lowest BCUT2D eigenvalue weighted by Gasteiger charge is -2.21. The Hall–Kier alpha value is -2.98. The van der Waals surface area contributed by atoms with Gasteiger partial charge in [-0.25, -0.2) is 4.39 Å². The number of carbonyl (C=O) groups excluding carboxylic acids is 1. The molecule has 0 aromatic heterocycles. The first-order valence-electron chi connectivity index (χ1n) is 9.06. The van der Waals surface area contributed by atoms with Gasteiger partial charge in [-0.2, -0.15) is 0 Å². The molecule has 4 heteroatoms. The van der Waals surface area contributed by atoms with E-state index in [1.807, 2.05) is 30.4 Å². The molecule has 0 aliphatic rings. The van der Waals surface area contributed by atoms with Gasteiger partial charge in [0.25, 0.3) is 5.91 Å². The summed E-state index contributed by atoms with van der Waals surface area (Å²) in [4.78, 5) is 12.6. The first kappa shape index (κ1) is 18.8. The lowest BCUT2D eigenvalue weighted by Crippen LogP contribution is -2.92. The standard InChI is InChI=1S/C23H23FN2O/c1-16-12-14-19(15-13-16)22(18-8-4-3-5-9-18)25-17(2)23(27)26-21-11-7-6-10-20(21)24/h3-15,17,22,25H,1-2H3,(H,26,27)/p+1/t17-,22+/m0/s1. The third-order valence-electron chi connectivity index (χ3n) is 4.62. The summed E-state index contributed by atoms with van der Waals surface area (Å²) in [5.41, 5.74) is 3.63. The van der Waals surface area contributed by atoms with Crippen molar-refractivity contribution < 1.29 is 14.5 Å². The zero-order chi connectivity index (χ0) is 19.2. The van der Waals surface area contributed by atoms with Crippen molar-refractivity contribution in [1.29, 1.82) is 0 Å². The highest BCUT2D eigenvalue weighted by Gasteiger charge is 2.25. The number of nitrogens with one attached hydrogen (secondary N) is 1. The molecule has 3 aromatic carbocycles. The zero-order valence-corrected chi connectivity index (χ0v) is 15.5. The van der Waals surface area contributed by atoms with Crippen molar-refractivity contribution in [2.75, 3.05) is 5.32 Å². The van der Waals surface area contributed by atoms with Crippen molar-refractivity contribution in [1.82, 2.24) is 0 Å². The molecule has 0 saturated heterocycles. The topological polar surface area (TPSA) is 45.7 Å². The summed E-state index contributed by atoms with van der Waals surface area (Å²) in [6.45, 7) is 3.88. The van der Waals surface area contributed by atoms with Crippen LogP contribution in [0.2, 0.25) is 0 Å². The van der Waals surface area contributed by atoms with E-state index in [2.05, 4.69) is 48.6 Å². The molecule has 3 aromatic rings. The number of nitrogens with two attached hydrogens (primary N) is 1. The Bertz CT molecular complexity index is 894. The highest BCUT2D eigenvalue weighted by atomic mass is 19.1. The van der Waals surface area contributed by atoms with E-state index in [0.717, 1.165) is 11.1 Å². The summed E-state index contributed by atoms with van der Waals surface area (Å²) >= 11 is 0. The number of aryl methyl sites for hydroxylation is 1. The Morgan fingerprint density at radius 2 is 1.48 bits per heavy atom. The molecule has 0 heterocycles. The van der Waals surface area contributed by atoms with Crippen LogP contribution in [-0.2, 0) is 4.79 Å². The molecule has 0 aliphatic carbocycles. The average molecular weight is 363 g/mol. The summed E-state index contributed by atoms with van der Waals surface area (Å²) in [5.74, 6) is -0.663. The molecule has 0 spiro atoms. The maximum absolute atomic E-state index is 13.8. The molecule has 27 heavy (non-hydrogen) atoms. The molecule has 0 bridgehead atoms. The van der Waals surface area contributed by atoms with Crippen LogP contribution in [0, 0.1) is 12.7 Å². The Kier molecular flexibility index (Phi) is 5.99. The molecule has 0 aliphatic heterocycles. The Morgan fingerprint density at radius 1 is 0.889 bits per heavy atom. The molecule has 0 saturated carbocycles. The van der Waals surface area contributed by atoms with Gasteiger partial charge in [-0.1, -0.05) is 72.3 Å². The van der Waals surface area contributed by atoms with Gasteiger partial charge < -0.3 is 10.6 Å². The van der Waals surface area contributed by atoms with Gasteiger partial charge in [0, 0.05) is 11.1 Å². The van der Waals surface area contributed by atoms with Crippen LogP contribution >= 0.6 is 0 Å².